The smallest absolute Gasteiger partial charge is 0.244 e. The fourth-order valence-electron chi connectivity index (χ4n) is 2.82. The molecule has 0 aliphatic carbocycles. The number of nitrogens with zero attached hydrogens (tertiary/aromatic N) is 2. The third kappa shape index (κ3) is 2.89. The van der Waals surface area contributed by atoms with Crippen molar-refractivity contribution < 1.29 is 13.2 Å². The fraction of sp³-hybridized carbons (Fsp3) is 0.429. The molecule has 2 atom stereocenters. The van der Waals surface area contributed by atoms with Crippen LogP contribution in [0.4, 0.5) is 5.69 Å². The van der Waals surface area contributed by atoms with Gasteiger partial charge in [0.25, 0.3) is 0 Å². The quantitative estimate of drug-likeness (QED) is 0.770. The highest BCUT2D eigenvalue weighted by atomic mass is 35.5. The first-order chi connectivity index (χ1) is 10.3. The molecule has 0 unspecified atom stereocenters. The van der Waals surface area contributed by atoms with Crippen molar-refractivity contribution in [2.75, 3.05) is 16.4 Å². The molecule has 0 bridgehead atoms. The minimum atomic E-state index is -3.06. The summed E-state index contributed by atoms with van der Waals surface area (Å²) in [5.41, 5.74) is 1.77. The number of aryl methyl sites for hydroxylation is 1. The number of rotatable bonds is 1. The van der Waals surface area contributed by atoms with Crippen LogP contribution in [0.1, 0.15) is 12.5 Å². The first-order valence-corrected chi connectivity index (χ1v) is 9.86. The van der Waals surface area contributed by atoms with Crippen LogP contribution in [-0.4, -0.2) is 42.3 Å². The number of hydrogen-bond acceptors (Lipinski definition) is 4. The van der Waals surface area contributed by atoms with Gasteiger partial charge in [-0.3, -0.25) is 4.79 Å². The molecular weight excluding hydrogens is 344 g/mol. The van der Waals surface area contributed by atoms with E-state index < -0.39 is 9.84 Å². The number of anilines is 1. The normalized spacial score (nSPS) is 28.1. The van der Waals surface area contributed by atoms with Gasteiger partial charge in [-0.1, -0.05) is 29.4 Å². The summed E-state index contributed by atoms with van der Waals surface area (Å²) in [4.78, 5) is 17.3. The largest absolute Gasteiger partial charge is 0.315 e. The number of benzene rings is 1. The molecule has 0 saturated carbocycles. The lowest BCUT2D eigenvalue weighted by atomic mass is 10.1. The van der Waals surface area contributed by atoms with Gasteiger partial charge in [0.1, 0.15) is 0 Å². The SMILES string of the molecule is CC(=O)N=C1S[C@H]2CS(=O)(=O)C[C@@H]2N1c1cc(Cl)ccc1C. The Hall–Kier alpha value is -1.05. The Bertz CT molecular complexity index is 776. The molecule has 8 heteroatoms. The van der Waals surface area contributed by atoms with Gasteiger partial charge in [0, 0.05) is 22.9 Å². The molecule has 22 heavy (non-hydrogen) atoms. The van der Waals surface area contributed by atoms with Gasteiger partial charge in [-0.2, -0.15) is 4.99 Å². The molecule has 118 valence electrons. The summed E-state index contributed by atoms with van der Waals surface area (Å²) in [6.07, 6.45) is 0. The average molecular weight is 359 g/mol. The monoisotopic (exact) mass is 358 g/mol. The van der Waals surface area contributed by atoms with Crippen LogP contribution < -0.4 is 4.90 Å². The van der Waals surface area contributed by atoms with E-state index in [1.54, 1.807) is 12.1 Å². The Kier molecular flexibility index (Phi) is 3.99. The summed E-state index contributed by atoms with van der Waals surface area (Å²) >= 11 is 7.45. The van der Waals surface area contributed by atoms with E-state index in [1.807, 2.05) is 17.9 Å². The van der Waals surface area contributed by atoms with Crippen molar-refractivity contribution in [3.05, 3.63) is 28.8 Å². The lowest BCUT2D eigenvalue weighted by Crippen LogP contribution is -2.38. The lowest BCUT2D eigenvalue weighted by molar-refractivity contribution is -0.115. The molecule has 0 aromatic heterocycles. The van der Waals surface area contributed by atoms with Gasteiger partial charge in [0.15, 0.2) is 15.0 Å². The topological polar surface area (TPSA) is 66.8 Å². The highest BCUT2D eigenvalue weighted by Crippen LogP contribution is 2.42. The van der Waals surface area contributed by atoms with Crippen LogP contribution in [0.2, 0.25) is 5.02 Å². The molecule has 0 radical (unpaired) electrons. The number of carbonyl (C=O) groups excluding carboxylic acids is 1. The average Bonchev–Trinajstić information content (AvgIpc) is 2.83. The molecule has 1 aromatic rings. The Labute approximate surface area is 138 Å². The van der Waals surface area contributed by atoms with Crippen molar-refractivity contribution in [3.8, 4) is 0 Å². The van der Waals surface area contributed by atoms with Crippen molar-refractivity contribution in [3.63, 3.8) is 0 Å². The minimum absolute atomic E-state index is 0.0769. The second-order valence-corrected chi connectivity index (χ2v) is 9.31. The van der Waals surface area contributed by atoms with Crippen molar-refractivity contribution in [2.45, 2.75) is 25.1 Å². The number of aliphatic imine (C=N–C) groups is 1. The van der Waals surface area contributed by atoms with E-state index in [4.69, 9.17) is 11.6 Å². The van der Waals surface area contributed by atoms with Gasteiger partial charge < -0.3 is 4.90 Å². The summed E-state index contributed by atoms with van der Waals surface area (Å²) in [5.74, 6) is -0.0989. The number of fused-ring (bicyclic) bond motifs is 1. The summed E-state index contributed by atoms with van der Waals surface area (Å²) in [6.45, 7) is 3.32. The van der Waals surface area contributed by atoms with E-state index in [2.05, 4.69) is 4.99 Å². The molecule has 2 fully saturated rings. The lowest BCUT2D eigenvalue weighted by Gasteiger charge is -2.26. The molecule has 3 rings (SSSR count). The molecule has 0 spiro atoms. The van der Waals surface area contributed by atoms with Crippen molar-refractivity contribution in [1.29, 1.82) is 0 Å². The van der Waals surface area contributed by atoms with E-state index >= 15 is 0 Å². The van der Waals surface area contributed by atoms with Crippen molar-refractivity contribution in [2.24, 2.45) is 4.99 Å². The first kappa shape index (κ1) is 15.8. The number of sulfone groups is 1. The molecule has 0 N–H and O–H groups in total. The summed E-state index contributed by atoms with van der Waals surface area (Å²) in [7, 11) is -3.06. The van der Waals surface area contributed by atoms with Gasteiger partial charge in [0.2, 0.25) is 5.91 Å². The summed E-state index contributed by atoms with van der Waals surface area (Å²) in [6, 6.07) is 5.25. The highest BCUT2D eigenvalue weighted by molar-refractivity contribution is 8.16. The Morgan fingerprint density at radius 1 is 1.41 bits per heavy atom. The molecule has 1 amide bonds. The number of amides is 1. The molecular formula is C14H15ClN2O3S2. The van der Waals surface area contributed by atoms with Gasteiger partial charge in [0.05, 0.1) is 17.5 Å². The molecule has 5 nitrogen and oxygen atoms in total. The van der Waals surface area contributed by atoms with Gasteiger partial charge in [-0.15, -0.1) is 0 Å². The minimum Gasteiger partial charge on any atom is -0.315 e. The molecule has 2 heterocycles. The van der Waals surface area contributed by atoms with Gasteiger partial charge in [-0.05, 0) is 24.6 Å². The first-order valence-electron chi connectivity index (χ1n) is 6.78. The Balaban J connectivity index is 2.10. The molecule has 2 aliphatic heterocycles. The number of thioether (sulfide) groups is 1. The second kappa shape index (κ2) is 5.54. The fourth-order valence-corrected chi connectivity index (χ4v) is 6.94. The number of carbonyl (C=O) groups is 1. The van der Waals surface area contributed by atoms with Crippen LogP contribution in [-0.2, 0) is 14.6 Å². The van der Waals surface area contributed by atoms with Crippen LogP contribution >= 0.6 is 23.4 Å². The third-order valence-corrected chi connectivity index (χ3v) is 7.20. The number of halogens is 1. The van der Waals surface area contributed by atoms with Crippen LogP contribution in [0.15, 0.2) is 23.2 Å². The van der Waals surface area contributed by atoms with Crippen LogP contribution in [0, 0.1) is 6.92 Å². The van der Waals surface area contributed by atoms with Crippen molar-refractivity contribution >= 4 is 50.0 Å². The summed E-state index contributed by atoms with van der Waals surface area (Å²) in [5, 5.41) is 1.03. The maximum Gasteiger partial charge on any atom is 0.244 e. The van der Waals surface area contributed by atoms with E-state index in [1.165, 1.54) is 18.7 Å². The van der Waals surface area contributed by atoms with E-state index in [9.17, 15) is 13.2 Å². The van der Waals surface area contributed by atoms with E-state index in [-0.39, 0.29) is 28.7 Å². The molecule has 2 aliphatic rings. The second-order valence-electron chi connectivity index (χ2n) is 5.51. The van der Waals surface area contributed by atoms with Gasteiger partial charge >= 0.3 is 0 Å². The third-order valence-electron chi connectivity index (χ3n) is 3.75. The predicted molar refractivity (Wildman–Crippen MR) is 90.6 cm³/mol. The maximum absolute atomic E-state index is 11.9. The highest BCUT2D eigenvalue weighted by Gasteiger charge is 2.49. The number of amidine groups is 1. The Morgan fingerprint density at radius 2 is 2.14 bits per heavy atom. The van der Waals surface area contributed by atoms with Crippen LogP contribution in [0.25, 0.3) is 0 Å². The predicted octanol–water partition coefficient (Wildman–Crippen LogP) is 2.27. The molecule has 2 saturated heterocycles. The zero-order valence-electron chi connectivity index (χ0n) is 12.1. The molecule has 1 aromatic carbocycles. The summed E-state index contributed by atoms with van der Waals surface area (Å²) < 4.78 is 23.9. The van der Waals surface area contributed by atoms with Gasteiger partial charge in [-0.25, -0.2) is 8.42 Å². The standard InChI is InChI=1S/C14H15ClN2O3S2/c1-8-3-4-10(15)5-11(8)17-12-6-22(19,20)7-13(12)21-14(17)16-9(2)18/h3-5,12-13H,6-7H2,1-2H3/t12-,13-/m0/s1. The number of hydrogen-bond donors (Lipinski definition) is 0. The zero-order valence-corrected chi connectivity index (χ0v) is 14.5. The Morgan fingerprint density at radius 3 is 2.82 bits per heavy atom. The van der Waals surface area contributed by atoms with E-state index in [0.717, 1.165) is 11.3 Å². The van der Waals surface area contributed by atoms with E-state index in [0.29, 0.717) is 10.2 Å². The zero-order chi connectivity index (χ0) is 16.1. The van der Waals surface area contributed by atoms with Crippen LogP contribution in [0.5, 0.6) is 0 Å². The maximum atomic E-state index is 11.9. The van der Waals surface area contributed by atoms with Crippen molar-refractivity contribution in [1.82, 2.24) is 0 Å². The van der Waals surface area contributed by atoms with Crippen LogP contribution in [0.3, 0.4) is 0 Å².